The summed E-state index contributed by atoms with van der Waals surface area (Å²) in [6.07, 6.45) is 2.36. The Bertz CT molecular complexity index is 774. The van der Waals surface area contributed by atoms with E-state index in [4.69, 9.17) is 4.42 Å². The molecule has 0 saturated carbocycles. The lowest BCUT2D eigenvalue weighted by Crippen LogP contribution is -2.64. The van der Waals surface area contributed by atoms with Gasteiger partial charge >= 0.3 is 0 Å². The zero-order valence-electron chi connectivity index (χ0n) is 14.2. The van der Waals surface area contributed by atoms with Crippen molar-refractivity contribution in [3.8, 4) is 0 Å². The number of carbonyl (C=O) groups excluding carboxylic acids is 2. The maximum Gasteiger partial charge on any atom is 0.289 e. The van der Waals surface area contributed by atoms with Crippen LogP contribution in [0.3, 0.4) is 0 Å². The van der Waals surface area contributed by atoms with Crippen LogP contribution in [0.5, 0.6) is 0 Å². The second kappa shape index (κ2) is 6.04. The Hall–Kier alpha value is -2.60. The second-order valence-corrected chi connectivity index (χ2v) is 6.85. The minimum Gasteiger partial charge on any atom is -0.459 e. The van der Waals surface area contributed by atoms with E-state index in [1.54, 1.807) is 12.1 Å². The molecule has 2 aromatic rings. The van der Waals surface area contributed by atoms with Gasteiger partial charge < -0.3 is 14.2 Å². The van der Waals surface area contributed by atoms with E-state index in [0.717, 1.165) is 12.1 Å². The summed E-state index contributed by atoms with van der Waals surface area (Å²) >= 11 is 0. The van der Waals surface area contributed by atoms with Gasteiger partial charge in [-0.3, -0.25) is 14.5 Å². The van der Waals surface area contributed by atoms with Crippen molar-refractivity contribution in [3.05, 3.63) is 54.5 Å². The number of anilines is 1. The van der Waals surface area contributed by atoms with Crippen molar-refractivity contribution in [1.82, 2.24) is 9.80 Å². The standard InChI is InChI=1S/C19H21N3O3/c1-20-12-17(23)22(15-6-3-2-4-7-15)14-19(20)9-10-21(13-19)18(24)16-8-5-11-25-16/h2-8,11H,9-10,12-14H2,1H3. The molecule has 2 aliphatic heterocycles. The van der Waals surface area contributed by atoms with E-state index < -0.39 is 0 Å². The predicted molar refractivity (Wildman–Crippen MR) is 93.4 cm³/mol. The van der Waals surface area contributed by atoms with Crippen LogP contribution in [0.1, 0.15) is 17.0 Å². The molecule has 130 valence electrons. The van der Waals surface area contributed by atoms with Crippen LogP contribution in [-0.2, 0) is 4.79 Å². The number of benzene rings is 1. The first-order chi connectivity index (χ1) is 12.1. The fourth-order valence-electron chi connectivity index (χ4n) is 3.83. The molecule has 6 nitrogen and oxygen atoms in total. The molecule has 2 saturated heterocycles. The average Bonchev–Trinajstić information content (AvgIpc) is 3.30. The fraction of sp³-hybridized carbons (Fsp3) is 0.368. The van der Waals surface area contributed by atoms with Gasteiger partial charge in [0.25, 0.3) is 5.91 Å². The van der Waals surface area contributed by atoms with Gasteiger partial charge in [0.2, 0.25) is 5.91 Å². The summed E-state index contributed by atoms with van der Waals surface area (Å²) < 4.78 is 5.25. The molecule has 1 unspecified atom stereocenters. The van der Waals surface area contributed by atoms with Crippen LogP contribution in [0, 0.1) is 0 Å². The number of rotatable bonds is 2. The minimum atomic E-state index is -0.216. The number of para-hydroxylation sites is 1. The maximum atomic E-state index is 12.6. The zero-order valence-corrected chi connectivity index (χ0v) is 14.2. The van der Waals surface area contributed by atoms with Gasteiger partial charge in [0.05, 0.1) is 18.3 Å². The van der Waals surface area contributed by atoms with E-state index in [9.17, 15) is 9.59 Å². The lowest BCUT2D eigenvalue weighted by molar-refractivity contribution is -0.123. The van der Waals surface area contributed by atoms with Gasteiger partial charge in [-0.2, -0.15) is 0 Å². The van der Waals surface area contributed by atoms with Gasteiger partial charge in [-0.15, -0.1) is 0 Å². The SMILES string of the molecule is CN1CC(=O)N(c2ccccc2)CC12CCN(C(=O)c1ccco1)C2. The van der Waals surface area contributed by atoms with Crippen LogP contribution in [0.2, 0.25) is 0 Å². The molecule has 0 aliphatic carbocycles. The van der Waals surface area contributed by atoms with Crippen LogP contribution in [-0.4, -0.2) is 60.4 Å². The van der Waals surface area contributed by atoms with E-state index in [-0.39, 0.29) is 17.4 Å². The highest BCUT2D eigenvalue weighted by molar-refractivity contribution is 5.96. The monoisotopic (exact) mass is 339 g/mol. The van der Waals surface area contributed by atoms with Crippen LogP contribution in [0.25, 0.3) is 0 Å². The molecule has 2 fully saturated rings. The van der Waals surface area contributed by atoms with E-state index in [1.807, 2.05) is 47.2 Å². The number of nitrogens with zero attached hydrogens (tertiary/aromatic N) is 3. The van der Waals surface area contributed by atoms with Crippen LogP contribution < -0.4 is 4.90 Å². The number of amides is 2. The summed E-state index contributed by atoms with van der Waals surface area (Å²) in [4.78, 5) is 30.9. The number of carbonyl (C=O) groups is 2. The topological polar surface area (TPSA) is 57.0 Å². The third-order valence-corrected chi connectivity index (χ3v) is 5.35. The first kappa shape index (κ1) is 15.9. The quantitative estimate of drug-likeness (QED) is 0.838. The molecule has 0 N–H and O–H groups in total. The lowest BCUT2D eigenvalue weighted by atomic mass is 9.92. The zero-order chi connectivity index (χ0) is 17.4. The molecule has 6 heteroatoms. The second-order valence-electron chi connectivity index (χ2n) is 6.85. The molecule has 4 rings (SSSR count). The van der Waals surface area contributed by atoms with Gasteiger partial charge in [-0.05, 0) is 37.7 Å². The van der Waals surface area contributed by atoms with Gasteiger partial charge in [0.1, 0.15) is 0 Å². The molecule has 1 spiro atoms. The van der Waals surface area contributed by atoms with Gasteiger partial charge in [-0.1, -0.05) is 18.2 Å². The third-order valence-electron chi connectivity index (χ3n) is 5.35. The van der Waals surface area contributed by atoms with E-state index >= 15 is 0 Å². The molecular weight excluding hydrogens is 318 g/mol. The number of likely N-dealkylation sites (tertiary alicyclic amines) is 1. The number of hydrogen-bond acceptors (Lipinski definition) is 4. The third kappa shape index (κ3) is 2.72. The Kier molecular flexibility index (Phi) is 3.84. The van der Waals surface area contributed by atoms with Crippen LogP contribution in [0.4, 0.5) is 5.69 Å². The molecule has 2 amide bonds. The van der Waals surface area contributed by atoms with Crippen molar-refractivity contribution in [1.29, 1.82) is 0 Å². The Morgan fingerprint density at radius 1 is 1.12 bits per heavy atom. The summed E-state index contributed by atoms with van der Waals surface area (Å²) in [5, 5.41) is 0. The molecule has 1 aromatic heterocycles. The van der Waals surface area contributed by atoms with Crippen molar-refractivity contribution < 1.29 is 14.0 Å². The Balaban J connectivity index is 1.56. The van der Waals surface area contributed by atoms with Gasteiger partial charge in [-0.25, -0.2) is 0 Å². The largest absolute Gasteiger partial charge is 0.459 e. The number of likely N-dealkylation sites (N-methyl/N-ethyl adjacent to an activating group) is 1. The Morgan fingerprint density at radius 2 is 1.92 bits per heavy atom. The first-order valence-electron chi connectivity index (χ1n) is 8.48. The van der Waals surface area contributed by atoms with E-state index in [1.165, 1.54) is 6.26 Å². The van der Waals surface area contributed by atoms with E-state index in [2.05, 4.69) is 4.90 Å². The highest BCUT2D eigenvalue weighted by atomic mass is 16.3. The fourth-order valence-corrected chi connectivity index (χ4v) is 3.83. The molecule has 25 heavy (non-hydrogen) atoms. The predicted octanol–water partition coefficient (Wildman–Crippen LogP) is 1.84. The maximum absolute atomic E-state index is 12.6. The summed E-state index contributed by atoms with van der Waals surface area (Å²) in [7, 11) is 1.97. The summed E-state index contributed by atoms with van der Waals surface area (Å²) in [5.74, 6) is 0.375. The summed E-state index contributed by atoms with van der Waals surface area (Å²) in [5.41, 5.74) is 0.696. The van der Waals surface area contributed by atoms with E-state index in [0.29, 0.717) is 31.9 Å². The number of furan rings is 1. The molecule has 2 aliphatic rings. The highest BCUT2D eigenvalue weighted by Crippen LogP contribution is 2.33. The van der Waals surface area contributed by atoms with Crippen LogP contribution in [0.15, 0.2) is 53.1 Å². The molecular formula is C19H21N3O3. The van der Waals surface area contributed by atoms with Crippen molar-refractivity contribution in [2.75, 3.05) is 38.1 Å². The average molecular weight is 339 g/mol. The first-order valence-corrected chi connectivity index (χ1v) is 8.48. The summed E-state index contributed by atoms with van der Waals surface area (Å²) in [6.45, 7) is 2.21. The Labute approximate surface area is 146 Å². The molecule has 1 aromatic carbocycles. The van der Waals surface area contributed by atoms with Crippen LogP contribution >= 0.6 is 0 Å². The molecule has 3 heterocycles. The number of hydrogen-bond donors (Lipinski definition) is 0. The van der Waals surface area contributed by atoms with Gasteiger partial charge in [0.15, 0.2) is 5.76 Å². The highest BCUT2D eigenvalue weighted by Gasteiger charge is 2.48. The lowest BCUT2D eigenvalue weighted by Gasteiger charge is -2.46. The normalized spacial score (nSPS) is 24.3. The van der Waals surface area contributed by atoms with Crippen molar-refractivity contribution in [2.45, 2.75) is 12.0 Å². The van der Waals surface area contributed by atoms with Crippen molar-refractivity contribution in [2.24, 2.45) is 0 Å². The molecule has 0 bridgehead atoms. The number of piperazine rings is 1. The molecule has 0 radical (unpaired) electrons. The van der Waals surface area contributed by atoms with Crippen molar-refractivity contribution in [3.63, 3.8) is 0 Å². The smallest absolute Gasteiger partial charge is 0.289 e. The summed E-state index contributed by atoms with van der Waals surface area (Å²) in [6, 6.07) is 13.2. The minimum absolute atomic E-state index is 0.0848. The Morgan fingerprint density at radius 3 is 2.64 bits per heavy atom. The van der Waals surface area contributed by atoms with Crippen molar-refractivity contribution >= 4 is 17.5 Å². The van der Waals surface area contributed by atoms with Gasteiger partial charge in [0, 0.05) is 25.3 Å². The molecule has 1 atom stereocenters.